The molecule has 1 nitrogen and oxygen atoms in total. The number of hydrogen-bond acceptors (Lipinski definition) is 2. The van der Waals surface area contributed by atoms with Crippen LogP contribution in [0, 0.1) is 0 Å². The predicted molar refractivity (Wildman–Crippen MR) is 73.2 cm³/mol. The highest BCUT2D eigenvalue weighted by Crippen LogP contribution is 2.29. The first-order valence-corrected chi connectivity index (χ1v) is 7.50. The van der Waals surface area contributed by atoms with E-state index in [1.807, 2.05) is 36.0 Å². The van der Waals surface area contributed by atoms with Crippen LogP contribution in [0.2, 0.25) is 0 Å². The summed E-state index contributed by atoms with van der Waals surface area (Å²) < 4.78 is 0.976. The van der Waals surface area contributed by atoms with E-state index in [0.717, 1.165) is 15.3 Å². The molecule has 0 heterocycles. The number of hydrogen-bond donors (Lipinski definition) is 0. The van der Waals surface area contributed by atoms with Crippen LogP contribution in [0.15, 0.2) is 28.7 Å². The monoisotopic (exact) mass is 298 g/mol. The highest BCUT2D eigenvalue weighted by molar-refractivity contribution is 9.10. The molecule has 0 amide bonds. The second-order valence-electron chi connectivity index (χ2n) is 4.15. The molecule has 3 heteroatoms. The highest BCUT2D eigenvalue weighted by Gasteiger charge is 2.17. The molecule has 0 unspecified atom stereocenters. The molecule has 0 aliphatic heterocycles. The molecule has 0 saturated heterocycles. The van der Waals surface area contributed by atoms with Crippen molar-refractivity contribution in [2.75, 3.05) is 5.75 Å². The van der Waals surface area contributed by atoms with E-state index >= 15 is 0 Å². The lowest BCUT2D eigenvalue weighted by Gasteiger charge is -2.07. The molecule has 1 saturated carbocycles. The summed E-state index contributed by atoms with van der Waals surface area (Å²) in [4.78, 5) is 11.9. The smallest absolute Gasteiger partial charge is 0.172 e. The summed E-state index contributed by atoms with van der Waals surface area (Å²) in [5.41, 5.74) is 0.819. The molecule has 0 spiro atoms. The van der Waals surface area contributed by atoms with Crippen LogP contribution in [0.3, 0.4) is 0 Å². The maximum Gasteiger partial charge on any atom is 0.172 e. The van der Waals surface area contributed by atoms with Crippen molar-refractivity contribution in [3.05, 3.63) is 34.3 Å². The summed E-state index contributed by atoms with van der Waals surface area (Å²) in [6.07, 6.45) is 5.25. The Labute approximate surface area is 109 Å². The van der Waals surface area contributed by atoms with E-state index in [4.69, 9.17) is 0 Å². The van der Waals surface area contributed by atoms with Gasteiger partial charge >= 0.3 is 0 Å². The lowest BCUT2D eigenvalue weighted by Crippen LogP contribution is -2.06. The summed E-state index contributed by atoms with van der Waals surface area (Å²) in [7, 11) is 0. The van der Waals surface area contributed by atoms with Crippen molar-refractivity contribution < 1.29 is 4.79 Å². The molecule has 0 atom stereocenters. The Morgan fingerprint density at radius 3 is 2.81 bits per heavy atom. The van der Waals surface area contributed by atoms with Crippen LogP contribution in [0.5, 0.6) is 0 Å². The molecule has 1 aliphatic carbocycles. The molecule has 1 aromatic carbocycles. The van der Waals surface area contributed by atoms with E-state index < -0.39 is 0 Å². The fourth-order valence-corrected chi connectivity index (χ4v) is 3.61. The third-order valence-electron chi connectivity index (χ3n) is 2.90. The van der Waals surface area contributed by atoms with E-state index in [2.05, 4.69) is 15.9 Å². The van der Waals surface area contributed by atoms with Gasteiger partial charge < -0.3 is 0 Å². The van der Waals surface area contributed by atoms with Crippen molar-refractivity contribution in [2.45, 2.75) is 30.9 Å². The number of ketones is 1. The van der Waals surface area contributed by atoms with Crippen molar-refractivity contribution in [3.63, 3.8) is 0 Å². The molecule has 2 rings (SSSR count). The number of rotatable bonds is 4. The van der Waals surface area contributed by atoms with Gasteiger partial charge in [0.25, 0.3) is 0 Å². The minimum atomic E-state index is 0.248. The van der Waals surface area contributed by atoms with Crippen LogP contribution in [-0.4, -0.2) is 16.8 Å². The highest BCUT2D eigenvalue weighted by atomic mass is 79.9. The average Bonchev–Trinajstić information content (AvgIpc) is 2.78. The van der Waals surface area contributed by atoms with Crippen LogP contribution in [-0.2, 0) is 0 Å². The minimum Gasteiger partial charge on any atom is -0.293 e. The Bertz CT molecular complexity index is 372. The number of halogens is 1. The Kier molecular flexibility index (Phi) is 4.47. The first kappa shape index (κ1) is 12.2. The van der Waals surface area contributed by atoms with Gasteiger partial charge in [-0.1, -0.05) is 40.9 Å². The van der Waals surface area contributed by atoms with Crippen molar-refractivity contribution in [3.8, 4) is 0 Å². The summed E-state index contributed by atoms with van der Waals surface area (Å²) in [5, 5.41) is 0.719. The number of carbonyl (C=O) groups is 1. The van der Waals surface area contributed by atoms with Gasteiger partial charge in [-0.2, -0.15) is 11.8 Å². The van der Waals surface area contributed by atoms with Crippen molar-refractivity contribution in [2.24, 2.45) is 0 Å². The molecule has 0 N–H and O–H groups in total. The normalized spacial score (nSPS) is 16.6. The molecule has 0 aromatic heterocycles. The quantitative estimate of drug-likeness (QED) is 0.771. The Morgan fingerprint density at radius 1 is 1.38 bits per heavy atom. The molecule has 1 aromatic rings. The van der Waals surface area contributed by atoms with Crippen LogP contribution in [0.25, 0.3) is 0 Å². The van der Waals surface area contributed by atoms with E-state index in [-0.39, 0.29) is 5.78 Å². The van der Waals surface area contributed by atoms with Gasteiger partial charge in [0, 0.05) is 15.3 Å². The van der Waals surface area contributed by atoms with Crippen molar-refractivity contribution >= 4 is 33.5 Å². The maximum absolute atomic E-state index is 11.9. The van der Waals surface area contributed by atoms with Crippen LogP contribution in [0.1, 0.15) is 36.0 Å². The zero-order chi connectivity index (χ0) is 11.4. The second kappa shape index (κ2) is 5.87. The van der Waals surface area contributed by atoms with Gasteiger partial charge in [-0.05, 0) is 25.0 Å². The number of carbonyl (C=O) groups excluding carboxylic acids is 1. The zero-order valence-electron chi connectivity index (χ0n) is 9.12. The van der Waals surface area contributed by atoms with Gasteiger partial charge in [0.1, 0.15) is 0 Å². The summed E-state index contributed by atoms with van der Waals surface area (Å²) in [5.74, 6) is 0.874. The molecular weight excluding hydrogens is 284 g/mol. The second-order valence-corrected chi connectivity index (χ2v) is 6.36. The Hall–Kier alpha value is -0.280. The van der Waals surface area contributed by atoms with E-state index in [0.29, 0.717) is 5.75 Å². The SMILES string of the molecule is O=C(CSC1CCCC1)c1cccc(Br)c1. The van der Waals surface area contributed by atoms with Crippen molar-refractivity contribution in [1.82, 2.24) is 0 Å². The molecule has 86 valence electrons. The first-order valence-electron chi connectivity index (χ1n) is 5.66. The molecule has 0 bridgehead atoms. The standard InChI is InChI=1S/C13H15BrOS/c14-11-5-3-4-10(8-11)13(15)9-16-12-6-1-2-7-12/h3-5,8,12H,1-2,6-7,9H2. The number of Topliss-reactive ketones (excluding diaryl/α,β-unsaturated/α-hetero) is 1. The molecule has 1 fully saturated rings. The molecule has 16 heavy (non-hydrogen) atoms. The summed E-state index contributed by atoms with van der Waals surface area (Å²) >= 11 is 5.22. The van der Waals surface area contributed by atoms with Crippen molar-refractivity contribution in [1.29, 1.82) is 0 Å². The van der Waals surface area contributed by atoms with Crippen LogP contribution < -0.4 is 0 Å². The average molecular weight is 299 g/mol. The predicted octanol–water partition coefficient (Wildman–Crippen LogP) is 4.31. The Balaban J connectivity index is 1.87. The van der Waals surface area contributed by atoms with E-state index in [1.165, 1.54) is 25.7 Å². The summed E-state index contributed by atoms with van der Waals surface area (Å²) in [6, 6.07) is 7.65. The third-order valence-corrected chi connectivity index (χ3v) is 4.76. The largest absolute Gasteiger partial charge is 0.293 e. The van der Waals surface area contributed by atoms with Gasteiger partial charge in [-0.3, -0.25) is 4.79 Å². The number of benzene rings is 1. The topological polar surface area (TPSA) is 17.1 Å². The Morgan fingerprint density at radius 2 is 2.12 bits per heavy atom. The van der Waals surface area contributed by atoms with E-state index in [9.17, 15) is 4.79 Å². The van der Waals surface area contributed by atoms with Crippen LogP contribution in [0.4, 0.5) is 0 Å². The van der Waals surface area contributed by atoms with Gasteiger partial charge in [-0.25, -0.2) is 0 Å². The maximum atomic E-state index is 11.9. The lowest BCUT2D eigenvalue weighted by atomic mass is 10.2. The minimum absolute atomic E-state index is 0.248. The van der Waals surface area contributed by atoms with Gasteiger partial charge in [0.2, 0.25) is 0 Å². The zero-order valence-corrected chi connectivity index (χ0v) is 11.5. The van der Waals surface area contributed by atoms with Gasteiger partial charge in [-0.15, -0.1) is 0 Å². The first-order chi connectivity index (χ1) is 7.75. The van der Waals surface area contributed by atoms with Crippen LogP contribution >= 0.6 is 27.7 Å². The number of thioether (sulfide) groups is 1. The summed E-state index contributed by atoms with van der Waals surface area (Å²) in [6.45, 7) is 0. The lowest BCUT2D eigenvalue weighted by molar-refractivity contribution is 0.102. The van der Waals surface area contributed by atoms with Gasteiger partial charge in [0.15, 0.2) is 5.78 Å². The fraction of sp³-hybridized carbons (Fsp3) is 0.462. The molecule has 0 radical (unpaired) electrons. The third kappa shape index (κ3) is 3.36. The molecule has 1 aliphatic rings. The van der Waals surface area contributed by atoms with Gasteiger partial charge in [0.05, 0.1) is 5.75 Å². The fourth-order valence-electron chi connectivity index (χ4n) is 1.99. The molecular formula is C13H15BrOS. The van der Waals surface area contributed by atoms with E-state index in [1.54, 1.807) is 0 Å².